The molecule has 6 nitrogen and oxygen atoms in total. The SMILES string of the molecule is CS(=O)(=O)N(CC(=O)N1CCN(c2ccccc2F)CC1)C1CCCC1. The molecule has 0 bridgehead atoms. The predicted octanol–water partition coefficient (Wildman–Crippen LogP) is 1.68. The van der Waals surface area contributed by atoms with Gasteiger partial charge < -0.3 is 9.80 Å². The summed E-state index contributed by atoms with van der Waals surface area (Å²) in [6.45, 7) is 1.91. The molecule has 8 heteroatoms. The molecule has 3 rings (SSSR count). The van der Waals surface area contributed by atoms with Gasteiger partial charge in [-0.1, -0.05) is 25.0 Å². The van der Waals surface area contributed by atoms with Gasteiger partial charge in [0.25, 0.3) is 0 Å². The van der Waals surface area contributed by atoms with Crippen LogP contribution < -0.4 is 4.90 Å². The van der Waals surface area contributed by atoms with Crippen LogP contribution in [0.15, 0.2) is 24.3 Å². The van der Waals surface area contributed by atoms with Crippen LogP contribution in [0.1, 0.15) is 25.7 Å². The summed E-state index contributed by atoms with van der Waals surface area (Å²) in [5.41, 5.74) is 0.545. The van der Waals surface area contributed by atoms with E-state index < -0.39 is 10.0 Å². The van der Waals surface area contributed by atoms with Crippen LogP contribution in [-0.2, 0) is 14.8 Å². The first kappa shape index (κ1) is 19.1. The molecule has 0 atom stereocenters. The Labute approximate surface area is 154 Å². The van der Waals surface area contributed by atoms with Gasteiger partial charge in [0.05, 0.1) is 18.5 Å². The molecule has 2 fully saturated rings. The zero-order valence-corrected chi connectivity index (χ0v) is 15.9. The Morgan fingerprint density at radius 1 is 1.15 bits per heavy atom. The third-order valence-corrected chi connectivity index (χ3v) is 6.55. The summed E-state index contributed by atoms with van der Waals surface area (Å²) in [7, 11) is -3.42. The van der Waals surface area contributed by atoms with Crippen molar-refractivity contribution < 1.29 is 17.6 Å². The van der Waals surface area contributed by atoms with Crippen LogP contribution in [0.25, 0.3) is 0 Å². The number of piperazine rings is 1. The highest BCUT2D eigenvalue weighted by molar-refractivity contribution is 7.88. The average molecular weight is 383 g/mol. The monoisotopic (exact) mass is 383 g/mol. The molecule has 0 unspecified atom stereocenters. The number of hydrogen-bond acceptors (Lipinski definition) is 4. The second kappa shape index (κ2) is 7.92. The molecule has 2 aliphatic rings. The molecule has 0 aromatic heterocycles. The van der Waals surface area contributed by atoms with Gasteiger partial charge in [-0.15, -0.1) is 0 Å². The second-order valence-electron chi connectivity index (χ2n) is 7.07. The lowest BCUT2D eigenvalue weighted by Crippen LogP contribution is -2.53. The van der Waals surface area contributed by atoms with Crippen LogP contribution in [0.5, 0.6) is 0 Å². The lowest BCUT2D eigenvalue weighted by Gasteiger charge is -2.37. The number of benzene rings is 1. The molecule has 26 heavy (non-hydrogen) atoms. The van der Waals surface area contributed by atoms with E-state index in [-0.39, 0.29) is 24.3 Å². The van der Waals surface area contributed by atoms with Crippen LogP contribution in [0.4, 0.5) is 10.1 Å². The van der Waals surface area contributed by atoms with Gasteiger partial charge in [-0.3, -0.25) is 4.79 Å². The minimum Gasteiger partial charge on any atom is -0.366 e. The zero-order valence-electron chi connectivity index (χ0n) is 15.1. The highest BCUT2D eigenvalue weighted by Gasteiger charge is 2.33. The normalized spacial score (nSPS) is 19.3. The van der Waals surface area contributed by atoms with Gasteiger partial charge >= 0.3 is 0 Å². The molecule has 144 valence electrons. The number of carbonyl (C=O) groups excluding carboxylic acids is 1. The summed E-state index contributed by atoms with van der Waals surface area (Å²) < 4.78 is 39.5. The molecule has 0 N–H and O–H groups in total. The Hall–Kier alpha value is -1.67. The fraction of sp³-hybridized carbons (Fsp3) is 0.611. The van der Waals surface area contributed by atoms with Crippen molar-refractivity contribution in [1.29, 1.82) is 0 Å². The average Bonchev–Trinajstić information content (AvgIpc) is 3.13. The maximum Gasteiger partial charge on any atom is 0.238 e. The van der Waals surface area contributed by atoms with Gasteiger partial charge in [0.2, 0.25) is 15.9 Å². The summed E-state index contributed by atoms with van der Waals surface area (Å²) in [5, 5.41) is 0. The van der Waals surface area contributed by atoms with Gasteiger partial charge in [-0.05, 0) is 25.0 Å². The Kier molecular flexibility index (Phi) is 5.82. The van der Waals surface area contributed by atoms with Gasteiger partial charge in [0.1, 0.15) is 5.82 Å². The van der Waals surface area contributed by atoms with Crippen LogP contribution in [0.3, 0.4) is 0 Å². The van der Waals surface area contributed by atoms with E-state index in [4.69, 9.17) is 0 Å². The van der Waals surface area contributed by atoms with Crippen LogP contribution in [0.2, 0.25) is 0 Å². The first-order valence-corrected chi connectivity index (χ1v) is 10.9. The van der Waals surface area contributed by atoms with Gasteiger partial charge in [-0.2, -0.15) is 4.31 Å². The number of carbonyl (C=O) groups is 1. The van der Waals surface area contributed by atoms with Crippen molar-refractivity contribution >= 4 is 21.6 Å². The van der Waals surface area contributed by atoms with E-state index in [1.54, 1.807) is 23.1 Å². The third kappa shape index (κ3) is 4.35. The van der Waals surface area contributed by atoms with Crippen LogP contribution in [-0.4, -0.2) is 68.6 Å². The molecule has 0 radical (unpaired) electrons. The Balaban J connectivity index is 1.60. The molecule has 1 saturated heterocycles. The minimum absolute atomic E-state index is 0.0614. The largest absolute Gasteiger partial charge is 0.366 e. The molecule has 1 amide bonds. The van der Waals surface area contributed by atoms with E-state index in [1.807, 2.05) is 4.90 Å². The quantitative estimate of drug-likeness (QED) is 0.776. The van der Waals surface area contributed by atoms with Gasteiger partial charge in [-0.25, -0.2) is 12.8 Å². The third-order valence-electron chi connectivity index (χ3n) is 5.27. The van der Waals surface area contributed by atoms with E-state index in [2.05, 4.69) is 0 Å². The summed E-state index contributed by atoms with van der Waals surface area (Å²) in [6.07, 6.45) is 4.83. The van der Waals surface area contributed by atoms with Crippen LogP contribution >= 0.6 is 0 Å². The smallest absolute Gasteiger partial charge is 0.238 e. The van der Waals surface area contributed by atoms with Crippen molar-refractivity contribution in [2.45, 2.75) is 31.7 Å². The maximum atomic E-state index is 13.9. The minimum atomic E-state index is -3.42. The molecule has 1 saturated carbocycles. The molecule has 0 spiro atoms. The van der Waals surface area contributed by atoms with E-state index in [0.29, 0.717) is 31.9 Å². The lowest BCUT2D eigenvalue weighted by atomic mass is 10.2. The van der Waals surface area contributed by atoms with E-state index >= 15 is 0 Å². The van der Waals surface area contributed by atoms with E-state index in [9.17, 15) is 17.6 Å². The number of amides is 1. The number of nitrogens with zero attached hydrogens (tertiary/aromatic N) is 3. The molecule has 1 aliphatic heterocycles. The Morgan fingerprint density at radius 2 is 1.77 bits per heavy atom. The highest BCUT2D eigenvalue weighted by Crippen LogP contribution is 2.25. The molecule has 1 aromatic carbocycles. The Morgan fingerprint density at radius 3 is 2.35 bits per heavy atom. The first-order valence-electron chi connectivity index (χ1n) is 9.10. The highest BCUT2D eigenvalue weighted by atomic mass is 32.2. The van der Waals surface area contributed by atoms with Crippen molar-refractivity contribution in [3.63, 3.8) is 0 Å². The van der Waals surface area contributed by atoms with E-state index in [1.165, 1.54) is 16.6 Å². The van der Waals surface area contributed by atoms with Crippen molar-refractivity contribution in [3.05, 3.63) is 30.1 Å². The molecular formula is C18H26FN3O3S. The number of halogens is 1. The van der Waals surface area contributed by atoms with Crippen molar-refractivity contribution in [3.8, 4) is 0 Å². The van der Waals surface area contributed by atoms with Crippen molar-refractivity contribution in [2.24, 2.45) is 0 Å². The summed E-state index contributed by atoms with van der Waals surface area (Å²) >= 11 is 0. The zero-order chi connectivity index (χ0) is 18.7. The van der Waals surface area contributed by atoms with Gasteiger partial charge in [0.15, 0.2) is 0 Å². The van der Waals surface area contributed by atoms with Crippen molar-refractivity contribution in [2.75, 3.05) is 43.9 Å². The molecule has 1 aromatic rings. The molecule has 1 heterocycles. The van der Waals surface area contributed by atoms with Crippen molar-refractivity contribution in [1.82, 2.24) is 9.21 Å². The fourth-order valence-corrected chi connectivity index (χ4v) is 4.94. The molecule has 1 aliphatic carbocycles. The number of anilines is 1. The van der Waals surface area contributed by atoms with Crippen LogP contribution in [0, 0.1) is 5.82 Å². The second-order valence-corrected chi connectivity index (χ2v) is 9.00. The predicted molar refractivity (Wildman–Crippen MR) is 99.0 cm³/mol. The number of rotatable bonds is 5. The fourth-order valence-electron chi connectivity index (χ4n) is 3.85. The molecular weight excluding hydrogens is 357 g/mol. The topological polar surface area (TPSA) is 60.9 Å². The number of hydrogen-bond donors (Lipinski definition) is 0. The lowest BCUT2D eigenvalue weighted by molar-refractivity contribution is -0.132. The standard InChI is InChI=1S/C18H26FN3O3S/c1-26(24,25)22(15-6-2-3-7-15)14-18(23)21-12-10-20(11-13-21)17-9-5-4-8-16(17)19/h4-5,8-9,15H,2-3,6-7,10-14H2,1H3. The number of sulfonamides is 1. The number of para-hydroxylation sites is 1. The van der Waals surface area contributed by atoms with E-state index in [0.717, 1.165) is 25.7 Å². The summed E-state index contributed by atoms with van der Waals surface area (Å²) in [4.78, 5) is 16.3. The van der Waals surface area contributed by atoms with Gasteiger partial charge in [0, 0.05) is 32.2 Å². The first-order chi connectivity index (χ1) is 12.4. The summed E-state index contributed by atoms with van der Waals surface area (Å²) in [6, 6.07) is 6.55. The Bertz CT molecular complexity index is 742. The summed E-state index contributed by atoms with van der Waals surface area (Å²) in [5.74, 6) is -0.438. The maximum absolute atomic E-state index is 13.9.